The van der Waals surface area contributed by atoms with Gasteiger partial charge in [-0.25, -0.2) is 0 Å². The van der Waals surface area contributed by atoms with Gasteiger partial charge in [-0.3, -0.25) is 0 Å². The molecule has 1 aliphatic heterocycles. The fourth-order valence-electron chi connectivity index (χ4n) is 3.38. The van der Waals surface area contributed by atoms with Crippen LogP contribution in [-0.4, -0.2) is 0 Å². The molecule has 1 aliphatic rings. The maximum absolute atomic E-state index is 6.62. The molecule has 0 radical (unpaired) electrons. The van der Waals surface area contributed by atoms with Crippen LogP contribution in [-0.2, 0) is 5.60 Å². The number of ether oxygens (including phenoxy) is 1. The van der Waals surface area contributed by atoms with Gasteiger partial charge < -0.3 is 4.74 Å². The van der Waals surface area contributed by atoms with Gasteiger partial charge in [0, 0.05) is 5.56 Å². The summed E-state index contributed by atoms with van der Waals surface area (Å²) in [4.78, 5) is 2.70. The molecule has 0 N–H and O–H groups in total. The Hall–Kier alpha value is -0.320. The second-order valence-corrected chi connectivity index (χ2v) is 10.0. The number of halogens is 1. The molecule has 3 rings (SSSR count). The second-order valence-electron chi connectivity index (χ2n) is 6.70. The minimum Gasteiger partial charge on any atom is -0.481 e. The van der Waals surface area contributed by atoms with Crippen molar-refractivity contribution in [2.24, 2.45) is 11.8 Å². The molecule has 1 nitrogen and oxygen atoms in total. The van der Waals surface area contributed by atoms with Crippen LogP contribution in [0.2, 0.25) is 0 Å². The minimum absolute atomic E-state index is 0.172. The van der Waals surface area contributed by atoms with E-state index in [-0.39, 0.29) is 5.60 Å². The summed E-state index contributed by atoms with van der Waals surface area (Å²) in [5, 5.41) is 2.14. The third-order valence-electron chi connectivity index (χ3n) is 3.81. The maximum atomic E-state index is 6.62. The summed E-state index contributed by atoms with van der Waals surface area (Å²) in [5.74, 6) is 2.29. The number of hydrogen-bond donors (Lipinski definition) is 0. The minimum atomic E-state index is -0.172. The van der Waals surface area contributed by atoms with Crippen LogP contribution < -0.4 is 4.74 Å². The van der Waals surface area contributed by atoms with Crippen molar-refractivity contribution in [1.29, 1.82) is 0 Å². The van der Waals surface area contributed by atoms with Crippen molar-refractivity contribution in [3.05, 3.63) is 26.9 Å². The molecule has 0 aliphatic carbocycles. The predicted octanol–water partition coefficient (Wildman–Crippen LogP) is 6.92. The van der Waals surface area contributed by atoms with Crippen molar-refractivity contribution in [3.8, 4) is 15.5 Å². The van der Waals surface area contributed by atoms with E-state index in [1.54, 1.807) is 11.3 Å². The molecular formula is C17H21BrOS2. The fraction of sp³-hybridized carbons (Fsp3) is 0.529. The zero-order valence-electron chi connectivity index (χ0n) is 12.9. The lowest BCUT2D eigenvalue weighted by Gasteiger charge is -2.40. The smallest absolute Gasteiger partial charge is 0.140 e. The van der Waals surface area contributed by atoms with Crippen LogP contribution in [0.3, 0.4) is 0 Å². The van der Waals surface area contributed by atoms with E-state index in [1.807, 2.05) is 11.3 Å². The van der Waals surface area contributed by atoms with Gasteiger partial charge in [0.1, 0.15) is 11.4 Å². The summed E-state index contributed by atoms with van der Waals surface area (Å²) in [6.07, 6.45) is 2.13. The van der Waals surface area contributed by atoms with Crippen molar-refractivity contribution in [1.82, 2.24) is 0 Å². The lowest BCUT2D eigenvalue weighted by molar-refractivity contribution is 0.0209. The highest BCUT2D eigenvalue weighted by molar-refractivity contribution is 9.11. The summed E-state index contributed by atoms with van der Waals surface area (Å²) in [5.41, 5.74) is 1.21. The third-order valence-corrected chi connectivity index (χ3v) is 6.51. The molecule has 0 saturated carbocycles. The molecule has 0 atom stereocenters. The quantitative estimate of drug-likeness (QED) is 0.555. The molecule has 0 bridgehead atoms. The van der Waals surface area contributed by atoms with Gasteiger partial charge in [0.2, 0.25) is 0 Å². The monoisotopic (exact) mass is 384 g/mol. The maximum Gasteiger partial charge on any atom is 0.140 e. The molecule has 3 heterocycles. The average molecular weight is 385 g/mol. The number of hydrogen-bond acceptors (Lipinski definition) is 3. The molecule has 114 valence electrons. The first kappa shape index (κ1) is 15.6. The Morgan fingerprint density at radius 3 is 2.43 bits per heavy atom. The van der Waals surface area contributed by atoms with Crippen LogP contribution in [0, 0.1) is 11.8 Å². The van der Waals surface area contributed by atoms with E-state index >= 15 is 0 Å². The Morgan fingerprint density at radius 1 is 1.14 bits per heavy atom. The van der Waals surface area contributed by atoms with Crippen LogP contribution in [0.4, 0.5) is 0 Å². The Bertz CT molecular complexity index is 629. The summed E-state index contributed by atoms with van der Waals surface area (Å²) in [6.45, 7) is 9.15. The molecule has 0 amide bonds. The SMILES string of the molecule is CC(C)CC1(CC(C)C)Oc2ccsc2-c2sc(Br)cc21. The van der Waals surface area contributed by atoms with E-state index in [2.05, 4.69) is 61.1 Å². The van der Waals surface area contributed by atoms with Crippen molar-refractivity contribution in [2.75, 3.05) is 0 Å². The van der Waals surface area contributed by atoms with Gasteiger partial charge in [0.05, 0.1) is 13.5 Å². The topological polar surface area (TPSA) is 9.23 Å². The normalized spacial score (nSPS) is 16.0. The molecule has 4 heteroatoms. The van der Waals surface area contributed by atoms with Gasteiger partial charge in [-0.05, 0) is 58.1 Å². The van der Waals surface area contributed by atoms with Gasteiger partial charge in [-0.2, -0.15) is 0 Å². The highest BCUT2D eigenvalue weighted by Gasteiger charge is 2.43. The molecule has 0 unspecified atom stereocenters. The van der Waals surface area contributed by atoms with Crippen LogP contribution in [0.15, 0.2) is 21.3 Å². The van der Waals surface area contributed by atoms with Crippen LogP contribution in [0.5, 0.6) is 5.75 Å². The number of thiophene rings is 2. The Kier molecular flexibility index (Phi) is 4.23. The van der Waals surface area contributed by atoms with Crippen molar-refractivity contribution in [3.63, 3.8) is 0 Å². The first-order valence-electron chi connectivity index (χ1n) is 7.48. The second kappa shape index (κ2) is 5.71. The zero-order valence-corrected chi connectivity index (χ0v) is 16.1. The molecular weight excluding hydrogens is 364 g/mol. The Balaban J connectivity index is 2.16. The molecule has 0 aromatic carbocycles. The highest BCUT2D eigenvalue weighted by Crippen LogP contribution is 2.55. The predicted molar refractivity (Wildman–Crippen MR) is 96.5 cm³/mol. The number of rotatable bonds is 4. The molecule has 2 aromatic rings. The molecule has 0 spiro atoms. The fourth-order valence-corrected chi connectivity index (χ4v) is 6.06. The molecule has 21 heavy (non-hydrogen) atoms. The standard InChI is InChI=1S/C17H21BrOS2/c1-10(2)8-17(9-11(3)4)12-7-14(18)21-15(12)16-13(19-17)5-6-20-16/h5-7,10-11H,8-9H2,1-4H3. The van der Waals surface area contributed by atoms with E-state index in [4.69, 9.17) is 4.74 Å². The molecule has 0 saturated heterocycles. The van der Waals surface area contributed by atoms with Gasteiger partial charge in [-0.1, -0.05) is 27.7 Å². The molecule has 0 fully saturated rings. The number of fused-ring (bicyclic) bond motifs is 3. The van der Waals surface area contributed by atoms with E-state index in [9.17, 15) is 0 Å². The van der Waals surface area contributed by atoms with Gasteiger partial charge in [0.25, 0.3) is 0 Å². The Morgan fingerprint density at radius 2 is 1.81 bits per heavy atom. The lowest BCUT2D eigenvalue weighted by Crippen LogP contribution is -2.38. The van der Waals surface area contributed by atoms with E-state index in [0.29, 0.717) is 11.8 Å². The van der Waals surface area contributed by atoms with Gasteiger partial charge in [0.15, 0.2) is 0 Å². The summed E-state index contributed by atoms with van der Waals surface area (Å²) < 4.78 is 7.82. The largest absolute Gasteiger partial charge is 0.481 e. The summed E-state index contributed by atoms with van der Waals surface area (Å²) in [6, 6.07) is 4.42. The summed E-state index contributed by atoms with van der Waals surface area (Å²) in [7, 11) is 0. The van der Waals surface area contributed by atoms with Gasteiger partial charge >= 0.3 is 0 Å². The van der Waals surface area contributed by atoms with E-state index in [0.717, 1.165) is 18.6 Å². The van der Waals surface area contributed by atoms with E-state index < -0.39 is 0 Å². The van der Waals surface area contributed by atoms with Crippen LogP contribution >= 0.6 is 38.6 Å². The summed E-state index contributed by atoms with van der Waals surface area (Å²) >= 11 is 7.31. The van der Waals surface area contributed by atoms with E-state index in [1.165, 1.54) is 19.1 Å². The van der Waals surface area contributed by atoms with Crippen LogP contribution in [0.1, 0.15) is 46.1 Å². The zero-order chi connectivity index (χ0) is 15.2. The van der Waals surface area contributed by atoms with Crippen LogP contribution in [0.25, 0.3) is 9.75 Å². The first-order chi connectivity index (χ1) is 9.91. The van der Waals surface area contributed by atoms with Crippen molar-refractivity contribution >= 4 is 38.6 Å². The Labute approximate surface area is 143 Å². The average Bonchev–Trinajstić information content (AvgIpc) is 2.92. The van der Waals surface area contributed by atoms with Gasteiger partial charge in [-0.15, -0.1) is 22.7 Å². The third kappa shape index (κ3) is 2.82. The lowest BCUT2D eigenvalue weighted by atomic mass is 9.78. The van der Waals surface area contributed by atoms with Crippen molar-refractivity contribution < 1.29 is 4.74 Å². The van der Waals surface area contributed by atoms with Crippen molar-refractivity contribution in [2.45, 2.75) is 46.1 Å². The highest BCUT2D eigenvalue weighted by atomic mass is 79.9. The first-order valence-corrected chi connectivity index (χ1v) is 9.97. The molecule has 2 aromatic heterocycles.